The van der Waals surface area contributed by atoms with E-state index in [0.29, 0.717) is 17.0 Å². The molecule has 0 aliphatic rings. The van der Waals surface area contributed by atoms with Crippen LogP contribution >= 0.6 is 0 Å². The van der Waals surface area contributed by atoms with Gasteiger partial charge in [-0.3, -0.25) is 0 Å². The number of anilines is 1. The molecule has 1 aromatic carbocycles. The second-order valence-electron chi connectivity index (χ2n) is 4.17. The Hall–Kier alpha value is -2.02. The summed E-state index contributed by atoms with van der Waals surface area (Å²) < 4.78 is 32.6. The molecule has 0 saturated heterocycles. The van der Waals surface area contributed by atoms with E-state index in [1.807, 2.05) is 0 Å². The van der Waals surface area contributed by atoms with Crippen LogP contribution in [-0.4, -0.2) is 26.9 Å². The van der Waals surface area contributed by atoms with Crippen molar-refractivity contribution in [2.75, 3.05) is 19.1 Å². The fraction of sp³-hybridized carbons (Fsp3) is 0.250. The lowest BCUT2D eigenvalue weighted by Crippen LogP contribution is -2.02. The molecule has 0 aliphatic carbocycles. The molecule has 0 atom stereocenters. The Morgan fingerprint density at radius 3 is 2.47 bits per heavy atom. The number of hydrogen-bond acceptors (Lipinski definition) is 6. The second kappa shape index (κ2) is 4.93. The number of sulfone groups is 1. The maximum Gasteiger partial charge on any atom is 0.230 e. The Morgan fingerprint density at radius 2 is 1.95 bits per heavy atom. The highest BCUT2D eigenvalue weighted by molar-refractivity contribution is 7.89. The summed E-state index contributed by atoms with van der Waals surface area (Å²) in [6.07, 6.45) is 1.13. The molecular formula is C12H14N2O4S. The number of rotatable bonds is 4. The van der Waals surface area contributed by atoms with Gasteiger partial charge in [0.05, 0.1) is 18.4 Å². The van der Waals surface area contributed by atoms with Crippen molar-refractivity contribution in [2.24, 2.45) is 0 Å². The second-order valence-corrected chi connectivity index (χ2v) is 6.31. The van der Waals surface area contributed by atoms with Crippen LogP contribution in [0.3, 0.4) is 0 Å². The lowest BCUT2D eigenvalue weighted by molar-refractivity contribution is 0.415. The molecular weight excluding hydrogens is 268 g/mol. The van der Waals surface area contributed by atoms with Crippen LogP contribution in [0, 0.1) is 0 Å². The highest BCUT2D eigenvalue weighted by atomic mass is 32.2. The van der Waals surface area contributed by atoms with Crippen LogP contribution < -0.4 is 10.5 Å². The molecule has 1 heterocycles. The number of benzene rings is 1. The van der Waals surface area contributed by atoms with Crippen molar-refractivity contribution < 1.29 is 17.7 Å². The molecule has 0 saturated carbocycles. The van der Waals surface area contributed by atoms with Gasteiger partial charge in [0.2, 0.25) is 5.88 Å². The van der Waals surface area contributed by atoms with E-state index in [-0.39, 0.29) is 11.6 Å². The van der Waals surface area contributed by atoms with Crippen LogP contribution in [-0.2, 0) is 15.6 Å². The number of nitrogens with zero attached hydrogens (tertiary/aromatic N) is 1. The minimum atomic E-state index is -3.21. The summed E-state index contributed by atoms with van der Waals surface area (Å²) in [5, 5.41) is 3.71. The summed E-state index contributed by atoms with van der Waals surface area (Å²) in [6, 6.07) is 7.05. The summed E-state index contributed by atoms with van der Waals surface area (Å²) in [7, 11) is -1.64. The van der Waals surface area contributed by atoms with E-state index in [9.17, 15) is 8.42 Å². The Balaban J connectivity index is 2.45. The summed E-state index contributed by atoms with van der Waals surface area (Å²) in [6.45, 7) is 0. The largest absolute Gasteiger partial charge is 0.497 e. The lowest BCUT2D eigenvalue weighted by Gasteiger charge is -2.04. The molecule has 7 heteroatoms. The summed E-state index contributed by atoms with van der Waals surface area (Å²) in [5.41, 5.74) is 7.26. The van der Waals surface area contributed by atoms with E-state index in [2.05, 4.69) is 5.16 Å². The van der Waals surface area contributed by atoms with Crippen molar-refractivity contribution in [3.8, 4) is 16.9 Å². The molecule has 0 unspecified atom stereocenters. The zero-order valence-electron chi connectivity index (χ0n) is 10.6. The van der Waals surface area contributed by atoms with Crippen molar-refractivity contribution in [3.05, 3.63) is 30.0 Å². The maximum absolute atomic E-state index is 11.4. The molecule has 19 heavy (non-hydrogen) atoms. The van der Waals surface area contributed by atoms with Gasteiger partial charge in [0.1, 0.15) is 11.4 Å². The van der Waals surface area contributed by atoms with Gasteiger partial charge in [0.25, 0.3) is 0 Å². The first-order chi connectivity index (χ1) is 8.90. The normalized spacial score (nSPS) is 11.5. The number of nitrogens with two attached hydrogens (primary N) is 1. The van der Waals surface area contributed by atoms with Crippen molar-refractivity contribution in [1.82, 2.24) is 5.16 Å². The third-order valence-corrected chi connectivity index (χ3v) is 3.36. The van der Waals surface area contributed by atoms with E-state index in [0.717, 1.165) is 11.8 Å². The van der Waals surface area contributed by atoms with Gasteiger partial charge in [-0.05, 0) is 17.7 Å². The summed E-state index contributed by atoms with van der Waals surface area (Å²) in [4.78, 5) is 0. The average Bonchev–Trinajstić information content (AvgIpc) is 2.68. The predicted molar refractivity (Wildman–Crippen MR) is 71.5 cm³/mol. The van der Waals surface area contributed by atoms with Crippen molar-refractivity contribution in [3.63, 3.8) is 0 Å². The predicted octanol–water partition coefficient (Wildman–Crippen LogP) is 1.48. The van der Waals surface area contributed by atoms with E-state index in [4.69, 9.17) is 15.0 Å². The molecule has 2 aromatic rings. The van der Waals surface area contributed by atoms with E-state index in [1.54, 1.807) is 31.4 Å². The van der Waals surface area contributed by atoms with Crippen LogP contribution in [0.25, 0.3) is 11.1 Å². The minimum absolute atomic E-state index is 0.101. The van der Waals surface area contributed by atoms with Crippen LogP contribution in [0.15, 0.2) is 28.8 Å². The number of methoxy groups -OCH3 is 1. The fourth-order valence-electron chi connectivity index (χ4n) is 1.75. The van der Waals surface area contributed by atoms with Crippen molar-refractivity contribution in [2.45, 2.75) is 5.75 Å². The lowest BCUT2D eigenvalue weighted by atomic mass is 10.1. The monoisotopic (exact) mass is 282 g/mol. The van der Waals surface area contributed by atoms with Gasteiger partial charge in [0.15, 0.2) is 9.84 Å². The third-order valence-electron chi connectivity index (χ3n) is 2.57. The fourth-order valence-corrected chi connectivity index (χ4v) is 2.44. The van der Waals surface area contributed by atoms with Crippen molar-refractivity contribution in [1.29, 1.82) is 0 Å². The van der Waals surface area contributed by atoms with E-state index < -0.39 is 9.84 Å². The van der Waals surface area contributed by atoms with Crippen molar-refractivity contribution >= 4 is 15.7 Å². The Morgan fingerprint density at radius 1 is 1.32 bits per heavy atom. The van der Waals surface area contributed by atoms with Crippen LogP contribution in [0.4, 0.5) is 5.88 Å². The van der Waals surface area contributed by atoms with Gasteiger partial charge in [0, 0.05) is 6.26 Å². The number of ether oxygens (including phenoxy) is 1. The van der Waals surface area contributed by atoms with Gasteiger partial charge in [-0.25, -0.2) is 8.42 Å². The molecule has 0 spiro atoms. The van der Waals surface area contributed by atoms with E-state index >= 15 is 0 Å². The Labute approximate surface area is 111 Å². The Bertz CT molecular complexity index is 674. The zero-order chi connectivity index (χ0) is 14.0. The van der Waals surface area contributed by atoms with Gasteiger partial charge in [-0.1, -0.05) is 17.3 Å². The maximum atomic E-state index is 11.4. The van der Waals surface area contributed by atoms with Crippen LogP contribution in [0.2, 0.25) is 0 Å². The molecule has 2 rings (SSSR count). The van der Waals surface area contributed by atoms with Gasteiger partial charge in [-0.2, -0.15) is 0 Å². The molecule has 6 nitrogen and oxygen atoms in total. The molecule has 0 aliphatic heterocycles. The first-order valence-corrected chi connectivity index (χ1v) is 7.53. The summed E-state index contributed by atoms with van der Waals surface area (Å²) >= 11 is 0. The first kappa shape index (κ1) is 13.4. The van der Waals surface area contributed by atoms with Gasteiger partial charge < -0.3 is 15.0 Å². The average molecular weight is 282 g/mol. The number of hydrogen-bond donors (Lipinski definition) is 1. The minimum Gasteiger partial charge on any atom is -0.497 e. The summed E-state index contributed by atoms with van der Waals surface area (Å²) in [5.74, 6) is 0.585. The Kier molecular flexibility index (Phi) is 3.48. The highest BCUT2D eigenvalue weighted by Crippen LogP contribution is 2.31. The topological polar surface area (TPSA) is 95.4 Å². The zero-order valence-corrected chi connectivity index (χ0v) is 11.4. The van der Waals surface area contributed by atoms with Crippen LogP contribution in [0.5, 0.6) is 5.75 Å². The molecule has 2 N–H and O–H groups in total. The third kappa shape index (κ3) is 3.05. The molecule has 0 bridgehead atoms. The first-order valence-electron chi connectivity index (χ1n) is 5.47. The standard InChI is InChI=1S/C12H14N2O4S/c1-17-9-5-3-8(4-6-9)11-10(7-19(2,15)16)14-18-12(11)13/h3-6H,7,13H2,1-2H3. The number of nitrogen functional groups attached to an aromatic ring is 1. The molecule has 0 amide bonds. The highest BCUT2D eigenvalue weighted by Gasteiger charge is 2.19. The molecule has 0 fully saturated rings. The molecule has 1 aromatic heterocycles. The smallest absolute Gasteiger partial charge is 0.230 e. The molecule has 0 radical (unpaired) electrons. The number of aromatic nitrogens is 1. The van der Waals surface area contributed by atoms with E-state index in [1.165, 1.54) is 0 Å². The van der Waals surface area contributed by atoms with Crippen LogP contribution in [0.1, 0.15) is 5.69 Å². The van der Waals surface area contributed by atoms with Gasteiger partial charge >= 0.3 is 0 Å². The SMILES string of the molecule is COc1ccc(-c2c(CS(C)(=O)=O)noc2N)cc1. The van der Waals surface area contributed by atoms with Gasteiger partial charge in [-0.15, -0.1) is 0 Å². The quantitative estimate of drug-likeness (QED) is 0.912. The molecule has 102 valence electrons.